The third-order valence-electron chi connectivity index (χ3n) is 4.59. The van der Waals surface area contributed by atoms with Gasteiger partial charge in [-0.1, -0.05) is 96.8 Å². The van der Waals surface area contributed by atoms with E-state index in [4.69, 9.17) is 0 Å². The van der Waals surface area contributed by atoms with Crippen molar-refractivity contribution in [3.8, 4) is 23.0 Å². The molecule has 0 bridgehead atoms. The molecule has 1 atom stereocenters. The summed E-state index contributed by atoms with van der Waals surface area (Å²) in [6.07, 6.45) is 0.357. The molecule has 2 nitrogen and oxygen atoms in total. The fraction of sp³-hybridized carbons (Fsp3) is 0.200. The molecule has 0 saturated carbocycles. The summed E-state index contributed by atoms with van der Waals surface area (Å²) in [6.45, 7) is 0.678. The molecule has 0 amide bonds. The first kappa shape index (κ1) is 18.9. The van der Waals surface area contributed by atoms with Crippen LogP contribution in [-0.4, -0.2) is 30.6 Å². The van der Waals surface area contributed by atoms with Crippen molar-refractivity contribution in [1.82, 2.24) is 4.90 Å². The Hall–Kier alpha value is -2.86. The minimum Gasteiger partial charge on any atom is -0.379 e. The normalized spacial score (nSPS) is 12.9. The number of rotatable bonds is 5. The van der Waals surface area contributed by atoms with Crippen LogP contribution in [0.25, 0.3) is 11.1 Å². The van der Waals surface area contributed by atoms with E-state index in [1.807, 2.05) is 79.7 Å². The molecular formula is C25H25NO. The van der Waals surface area contributed by atoms with Crippen LogP contribution < -0.4 is 0 Å². The van der Waals surface area contributed by atoms with Crippen molar-refractivity contribution in [2.45, 2.75) is 12.0 Å². The van der Waals surface area contributed by atoms with Crippen LogP contribution in [0, 0.1) is 11.8 Å². The first-order chi connectivity index (χ1) is 13.1. The van der Waals surface area contributed by atoms with Gasteiger partial charge in [-0.2, -0.15) is 0 Å². The van der Waals surface area contributed by atoms with Crippen LogP contribution in [0.15, 0.2) is 84.9 Å². The summed E-state index contributed by atoms with van der Waals surface area (Å²) >= 11 is 0. The SMILES string of the molecule is CN(C)CC#CC[C@@](O)(c1ccccc1)c1ccc(-c2ccccc2)cc1. The molecule has 0 radical (unpaired) electrons. The summed E-state index contributed by atoms with van der Waals surface area (Å²) in [7, 11) is 3.97. The molecule has 3 aromatic rings. The lowest BCUT2D eigenvalue weighted by Crippen LogP contribution is -2.26. The molecule has 0 aromatic heterocycles. The fourth-order valence-corrected chi connectivity index (χ4v) is 3.06. The summed E-state index contributed by atoms with van der Waals surface area (Å²) in [5, 5.41) is 11.6. The number of hydrogen-bond acceptors (Lipinski definition) is 2. The number of hydrogen-bond donors (Lipinski definition) is 1. The van der Waals surface area contributed by atoms with Crippen LogP contribution in [0.1, 0.15) is 17.5 Å². The molecule has 1 N–H and O–H groups in total. The van der Waals surface area contributed by atoms with E-state index in [2.05, 4.69) is 36.1 Å². The van der Waals surface area contributed by atoms with E-state index in [0.717, 1.165) is 22.3 Å². The molecule has 2 heteroatoms. The number of aliphatic hydroxyl groups is 1. The van der Waals surface area contributed by atoms with Gasteiger partial charge in [0.25, 0.3) is 0 Å². The van der Waals surface area contributed by atoms with Gasteiger partial charge in [0.05, 0.1) is 6.54 Å². The maximum Gasteiger partial charge on any atom is 0.125 e. The van der Waals surface area contributed by atoms with Gasteiger partial charge in [-0.25, -0.2) is 0 Å². The molecule has 0 fully saturated rings. The number of benzene rings is 3. The predicted molar refractivity (Wildman–Crippen MR) is 112 cm³/mol. The largest absolute Gasteiger partial charge is 0.379 e. The maximum atomic E-state index is 11.6. The molecule has 0 aliphatic heterocycles. The molecule has 0 unspecified atom stereocenters. The van der Waals surface area contributed by atoms with Crippen molar-refractivity contribution in [1.29, 1.82) is 0 Å². The Labute approximate surface area is 162 Å². The topological polar surface area (TPSA) is 23.5 Å². The summed E-state index contributed by atoms with van der Waals surface area (Å²) in [5.74, 6) is 6.29. The molecule has 0 aliphatic rings. The second-order valence-corrected chi connectivity index (χ2v) is 6.94. The molecule has 0 heterocycles. The van der Waals surface area contributed by atoms with E-state index in [1.54, 1.807) is 0 Å². The summed E-state index contributed by atoms with van der Waals surface area (Å²) in [5.41, 5.74) is 2.88. The Kier molecular flexibility index (Phi) is 6.08. The Bertz CT molecular complexity index is 905. The van der Waals surface area contributed by atoms with Crippen molar-refractivity contribution in [2.75, 3.05) is 20.6 Å². The Balaban J connectivity index is 1.94. The van der Waals surface area contributed by atoms with Crippen LogP contribution in [0.4, 0.5) is 0 Å². The van der Waals surface area contributed by atoms with Crippen molar-refractivity contribution < 1.29 is 5.11 Å². The minimum absolute atomic E-state index is 0.357. The third kappa shape index (κ3) is 4.65. The lowest BCUT2D eigenvalue weighted by atomic mass is 9.83. The van der Waals surface area contributed by atoms with E-state index in [1.165, 1.54) is 0 Å². The quantitative estimate of drug-likeness (QED) is 0.679. The summed E-state index contributed by atoms with van der Waals surface area (Å²) in [4.78, 5) is 2.02. The molecule has 3 rings (SSSR count). The van der Waals surface area contributed by atoms with Gasteiger partial charge >= 0.3 is 0 Å². The first-order valence-electron chi connectivity index (χ1n) is 9.14. The molecule has 0 spiro atoms. The van der Waals surface area contributed by atoms with Gasteiger partial charge in [-0.05, 0) is 36.3 Å². The zero-order chi connectivity index (χ0) is 19.1. The second-order valence-electron chi connectivity index (χ2n) is 6.94. The Morgan fingerprint density at radius 2 is 1.22 bits per heavy atom. The van der Waals surface area contributed by atoms with Crippen molar-refractivity contribution in [3.63, 3.8) is 0 Å². The summed E-state index contributed by atoms with van der Waals surface area (Å²) < 4.78 is 0. The highest BCUT2D eigenvalue weighted by Gasteiger charge is 2.30. The highest BCUT2D eigenvalue weighted by molar-refractivity contribution is 5.64. The molecule has 136 valence electrons. The Morgan fingerprint density at radius 3 is 1.81 bits per heavy atom. The minimum atomic E-state index is -1.13. The van der Waals surface area contributed by atoms with Gasteiger partial charge in [-0.3, -0.25) is 4.90 Å². The zero-order valence-corrected chi connectivity index (χ0v) is 15.9. The van der Waals surface area contributed by atoms with Crippen LogP contribution >= 0.6 is 0 Å². The number of nitrogens with zero attached hydrogens (tertiary/aromatic N) is 1. The van der Waals surface area contributed by atoms with Gasteiger partial charge in [0.1, 0.15) is 5.60 Å². The molecule has 3 aromatic carbocycles. The monoisotopic (exact) mass is 355 g/mol. The molecule has 0 saturated heterocycles. The van der Waals surface area contributed by atoms with Gasteiger partial charge in [0, 0.05) is 6.42 Å². The predicted octanol–water partition coefficient (Wildman–Crippen LogP) is 4.54. The smallest absolute Gasteiger partial charge is 0.125 e. The van der Waals surface area contributed by atoms with Gasteiger partial charge in [-0.15, -0.1) is 0 Å². The fourth-order valence-electron chi connectivity index (χ4n) is 3.06. The molecule has 0 aliphatic carbocycles. The lowest BCUT2D eigenvalue weighted by molar-refractivity contribution is 0.0865. The van der Waals surface area contributed by atoms with E-state index >= 15 is 0 Å². The Morgan fingerprint density at radius 1 is 0.704 bits per heavy atom. The van der Waals surface area contributed by atoms with Crippen LogP contribution in [-0.2, 0) is 5.60 Å². The van der Waals surface area contributed by atoms with Crippen molar-refractivity contribution >= 4 is 0 Å². The van der Waals surface area contributed by atoms with E-state index in [0.29, 0.717) is 13.0 Å². The van der Waals surface area contributed by atoms with E-state index in [9.17, 15) is 5.11 Å². The van der Waals surface area contributed by atoms with Gasteiger partial charge in [0.15, 0.2) is 0 Å². The lowest BCUT2D eigenvalue weighted by Gasteiger charge is -2.27. The average molecular weight is 355 g/mol. The van der Waals surface area contributed by atoms with Crippen LogP contribution in [0.2, 0.25) is 0 Å². The summed E-state index contributed by atoms with van der Waals surface area (Å²) in [6, 6.07) is 28.2. The van der Waals surface area contributed by atoms with E-state index in [-0.39, 0.29) is 0 Å². The van der Waals surface area contributed by atoms with Gasteiger partial charge in [0.2, 0.25) is 0 Å². The highest BCUT2D eigenvalue weighted by Crippen LogP contribution is 2.34. The first-order valence-corrected chi connectivity index (χ1v) is 9.14. The van der Waals surface area contributed by atoms with Crippen molar-refractivity contribution in [3.05, 3.63) is 96.1 Å². The maximum absolute atomic E-state index is 11.6. The van der Waals surface area contributed by atoms with Crippen LogP contribution in [0.5, 0.6) is 0 Å². The molecule has 27 heavy (non-hydrogen) atoms. The molecular weight excluding hydrogens is 330 g/mol. The highest BCUT2D eigenvalue weighted by atomic mass is 16.3. The second kappa shape index (κ2) is 8.68. The van der Waals surface area contributed by atoms with Crippen molar-refractivity contribution in [2.24, 2.45) is 0 Å². The standard InChI is InChI=1S/C25H25NO/c1-26(2)20-10-9-19-25(27,23-13-7-4-8-14-23)24-17-15-22(16-18-24)21-11-5-3-6-12-21/h3-8,11-18,27H,19-20H2,1-2H3/t25-/m1/s1. The van der Waals surface area contributed by atoms with E-state index < -0.39 is 5.60 Å². The van der Waals surface area contributed by atoms with Crippen LogP contribution in [0.3, 0.4) is 0 Å². The third-order valence-corrected chi connectivity index (χ3v) is 4.59. The average Bonchev–Trinajstić information content (AvgIpc) is 2.72. The van der Waals surface area contributed by atoms with Gasteiger partial charge < -0.3 is 5.11 Å². The zero-order valence-electron chi connectivity index (χ0n) is 15.9.